The molecule has 0 saturated heterocycles. The molecule has 2 N–H and O–H groups in total. The van der Waals surface area contributed by atoms with Crippen LogP contribution in [0.4, 0.5) is 5.69 Å². The molecule has 0 amide bonds. The highest BCUT2D eigenvalue weighted by molar-refractivity contribution is 6.36. The highest BCUT2D eigenvalue weighted by atomic mass is 16.6. The van der Waals surface area contributed by atoms with Crippen LogP contribution in [-0.2, 0) is 5.52 Å². The predicted molar refractivity (Wildman–Crippen MR) is 69.4 cm³/mol. The van der Waals surface area contributed by atoms with Gasteiger partial charge in [-0.3, -0.25) is 10.1 Å². The van der Waals surface area contributed by atoms with Crippen molar-refractivity contribution in [1.29, 1.82) is 0 Å². The standard InChI is InChI=1S/C10H13B2N3O5/c1-9(2)6(16)3-7(9)20-8-5(15(18)19)4-14(13-8)10(11,12)17/h4,6-7,16-17H,3H2,1-2H3. The molecule has 4 radical (unpaired) electrons. The third kappa shape index (κ3) is 2.40. The molecule has 1 aromatic rings. The van der Waals surface area contributed by atoms with Crippen LogP contribution in [0.2, 0.25) is 0 Å². The quantitative estimate of drug-likeness (QED) is 0.424. The van der Waals surface area contributed by atoms with Crippen molar-refractivity contribution in [2.24, 2.45) is 5.41 Å². The minimum Gasteiger partial charge on any atom is -0.468 e. The first kappa shape index (κ1) is 14.9. The van der Waals surface area contributed by atoms with Gasteiger partial charge in [0.05, 0.1) is 16.6 Å². The van der Waals surface area contributed by atoms with Crippen LogP contribution < -0.4 is 4.74 Å². The SMILES string of the molecule is [B]C([B])(O)n1cc([N+](=O)[O-])c(OC2CC(O)C2(C)C)n1. The first-order valence-electron chi connectivity index (χ1n) is 5.93. The second-order valence-corrected chi connectivity index (χ2v) is 5.48. The Hall–Kier alpha value is -1.54. The Balaban J connectivity index is 2.28. The van der Waals surface area contributed by atoms with Crippen LogP contribution in [0.1, 0.15) is 20.3 Å². The van der Waals surface area contributed by atoms with E-state index in [0.717, 1.165) is 6.20 Å². The van der Waals surface area contributed by atoms with Crippen molar-refractivity contribution in [3.8, 4) is 5.88 Å². The van der Waals surface area contributed by atoms with Crippen LogP contribution in [0.25, 0.3) is 0 Å². The van der Waals surface area contributed by atoms with Crippen LogP contribution >= 0.6 is 0 Å². The second-order valence-electron chi connectivity index (χ2n) is 5.48. The predicted octanol–water partition coefficient (Wildman–Crippen LogP) is -0.773. The zero-order chi connectivity index (χ0) is 15.3. The van der Waals surface area contributed by atoms with E-state index in [1.807, 2.05) is 0 Å². The van der Waals surface area contributed by atoms with Crippen molar-refractivity contribution >= 4 is 21.4 Å². The number of ether oxygens (including phenoxy) is 1. The van der Waals surface area contributed by atoms with E-state index in [-0.39, 0.29) is 5.88 Å². The Kier molecular flexibility index (Phi) is 3.34. The summed E-state index contributed by atoms with van der Waals surface area (Å²) >= 11 is 0. The molecule has 10 heteroatoms. The van der Waals surface area contributed by atoms with Crippen molar-refractivity contribution in [1.82, 2.24) is 9.78 Å². The highest BCUT2D eigenvalue weighted by Crippen LogP contribution is 2.44. The van der Waals surface area contributed by atoms with Gasteiger partial charge in [-0.05, 0) is 0 Å². The van der Waals surface area contributed by atoms with E-state index < -0.39 is 33.8 Å². The number of nitro groups is 1. The van der Waals surface area contributed by atoms with Gasteiger partial charge in [-0.2, -0.15) is 0 Å². The third-order valence-electron chi connectivity index (χ3n) is 3.61. The molecule has 20 heavy (non-hydrogen) atoms. The summed E-state index contributed by atoms with van der Waals surface area (Å²) in [7, 11) is 10.4. The molecule has 8 nitrogen and oxygen atoms in total. The van der Waals surface area contributed by atoms with Gasteiger partial charge in [-0.25, -0.2) is 4.68 Å². The van der Waals surface area contributed by atoms with Crippen molar-refractivity contribution in [2.75, 3.05) is 0 Å². The zero-order valence-corrected chi connectivity index (χ0v) is 11.1. The molecule has 1 heterocycles. The Bertz CT molecular complexity index is 539. The van der Waals surface area contributed by atoms with Gasteiger partial charge in [-0.1, -0.05) is 13.8 Å². The molecule has 0 bridgehead atoms. The van der Waals surface area contributed by atoms with Crippen molar-refractivity contribution in [2.45, 2.75) is 38.0 Å². The van der Waals surface area contributed by atoms with Crippen LogP contribution in [-0.4, -0.2) is 52.8 Å². The van der Waals surface area contributed by atoms with E-state index in [4.69, 9.17) is 20.4 Å². The minimum atomic E-state index is -2.36. The van der Waals surface area contributed by atoms with Gasteiger partial charge in [0.2, 0.25) is 0 Å². The Morgan fingerprint density at radius 3 is 2.65 bits per heavy atom. The maximum Gasteiger partial charge on any atom is 0.350 e. The fraction of sp³-hybridized carbons (Fsp3) is 0.700. The molecule has 2 atom stereocenters. The van der Waals surface area contributed by atoms with E-state index in [1.165, 1.54) is 0 Å². The summed E-state index contributed by atoms with van der Waals surface area (Å²) in [6.07, 6.45) is 0.252. The molecular weight excluding hydrogens is 264 g/mol. The van der Waals surface area contributed by atoms with Gasteiger partial charge in [0.1, 0.15) is 28.0 Å². The lowest BCUT2D eigenvalue weighted by Gasteiger charge is -2.47. The van der Waals surface area contributed by atoms with Crippen LogP contribution in [0, 0.1) is 15.5 Å². The van der Waals surface area contributed by atoms with Gasteiger partial charge < -0.3 is 14.9 Å². The molecule has 0 aromatic carbocycles. The number of aromatic nitrogens is 2. The fourth-order valence-corrected chi connectivity index (χ4v) is 1.94. The molecule has 0 spiro atoms. The number of hydrogen-bond acceptors (Lipinski definition) is 6. The van der Waals surface area contributed by atoms with E-state index in [1.54, 1.807) is 13.8 Å². The van der Waals surface area contributed by atoms with E-state index >= 15 is 0 Å². The fourth-order valence-electron chi connectivity index (χ4n) is 1.94. The molecular formula is C10H13B2N3O5. The Labute approximate surface area is 117 Å². The average Bonchev–Trinajstić information content (AvgIpc) is 2.72. The van der Waals surface area contributed by atoms with Crippen molar-refractivity contribution < 1.29 is 19.9 Å². The topological polar surface area (TPSA) is 111 Å². The molecule has 1 saturated carbocycles. The lowest BCUT2D eigenvalue weighted by Crippen LogP contribution is -2.56. The summed E-state index contributed by atoms with van der Waals surface area (Å²) in [5.41, 5.74) is -3.36. The molecule has 0 aliphatic heterocycles. The number of aliphatic hydroxyl groups excluding tert-OH is 1. The smallest absolute Gasteiger partial charge is 0.350 e. The van der Waals surface area contributed by atoms with Gasteiger partial charge in [0.15, 0.2) is 0 Å². The Morgan fingerprint density at radius 2 is 2.25 bits per heavy atom. The maximum atomic E-state index is 10.9. The summed E-state index contributed by atoms with van der Waals surface area (Å²) in [6.45, 7) is 3.55. The number of rotatable bonds is 4. The molecule has 1 fully saturated rings. The van der Waals surface area contributed by atoms with Gasteiger partial charge in [0.25, 0.3) is 0 Å². The summed E-state index contributed by atoms with van der Waals surface area (Å²) in [5.74, 6) is -0.297. The van der Waals surface area contributed by atoms with Gasteiger partial charge in [0, 0.05) is 11.8 Å². The van der Waals surface area contributed by atoms with E-state index in [0.29, 0.717) is 11.1 Å². The number of nitrogens with zero attached hydrogens (tertiary/aromatic N) is 3. The van der Waals surface area contributed by atoms with Gasteiger partial charge in [-0.15, -0.1) is 5.10 Å². The summed E-state index contributed by atoms with van der Waals surface area (Å²) < 4.78 is 6.09. The summed E-state index contributed by atoms with van der Waals surface area (Å²) in [6, 6.07) is 0. The van der Waals surface area contributed by atoms with Gasteiger partial charge >= 0.3 is 11.6 Å². The summed E-state index contributed by atoms with van der Waals surface area (Å²) in [5, 5.41) is 33.6. The first-order valence-corrected chi connectivity index (χ1v) is 5.93. The average molecular weight is 277 g/mol. The van der Waals surface area contributed by atoms with Crippen LogP contribution in [0.5, 0.6) is 5.88 Å². The van der Waals surface area contributed by atoms with Crippen LogP contribution in [0.15, 0.2) is 6.20 Å². The monoisotopic (exact) mass is 277 g/mol. The molecule has 104 valence electrons. The van der Waals surface area contributed by atoms with Crippen molar-refractivity contribution in [3.63, 3.8) is 0 Å². The molecule has 1 aliphatic rings. The Morgan fingerprint density at radius 1 is 1.65 bits per heavy atom. The van der Waals surface area contributed by atoms with E-state index in [9.17, 15) is 20.3 Å². The molecule has 2 unspecified atom stereocenters. The second kappa shape index (κ2) is 4.49. The first-order chi connectivity index (χ1) is 9.03. The molecule has 1 aliphatic carbocycles. The maximum absolute atomic E-state index is 10.9. The van der Waals surface area contributed by atoms with Crippen molar-refractivity contribution in [3.05, 3.63) is 16.3 Å². The zero-order valence-electron chi connectivity index (χ0n) is 11.1. The number of hydrogen-bond donors (Lipinski definition) is 2. The largest absolute Gasteiger partial charge is 0.468 e. The number of aliphatic hydroxyl groups is 2. The normalized spacial score (nSPS) is 25.0. The minimum absolute atomic E-state index is 0.297. The van der Waals surface area contributed by atoms with Crippen LogP contribution in [0.3, 0.4) is 0 Å². The highest BCUT2D eigenvalue weighted by Gasteiger charge is 2.50. The third-order valence-corrected chi connectivity index (χ3v) is 3.61. The lowest BCUT2D eigenvalue weighted by molar-refractivity contribution is -0.386. The lowest BCUT2D eigenvalue weighted by atomic mass is 9.66. The summed E-state index contributed by atoms with van der Waals surface area (Å²) in [4.78, 5) is 10.2. The molecule has 2 rings (SSSR count). The molecule has 1 aromatic heterocycles. The van der Waals surface area contributed by atoms with E-state index in [2.05, 4.69) is 5.10 Å².